The highest BCUT2D eigenvalue weighted by Gasteiger charge is 2.35. The molecular formula is C17H13N5O3S. The Bertz CT molecular complexity index is 951. The van der Waals surface area contributed by atoms with Gasteiger partial charge in [0.05, 0.1) is 29.8 Å². The van der Waals surface area contributed by atoms with Gasteiger partial charge in [0.2, 0.25) is 5.16 Å². The molecule has 0 N–H and O–H groups in total. The molecule has 0 radical (unpaired) electrons. The molecule has 8 nitrogen and oxygen atoms in total. The van der Waals surface area contributed by atoms with Gasteiger partial charge in [0, 0.05) is 0 Å². The number of thioether (sulfide) groups is 1. The molecule has 26 heavy (non-hydrogen) atoms. The van der Waals surface area contributed by atoms with Crippen LogP contribution < -0.4 is 4.74 Å². The summed E-state index contributed by atoms with van der Waals surface area (Å²) >= 11 is 1.21. The van der Waals surface area contributed by atoms with Gasteiger partial charge in [-0.1, -0.05) is 23.9 Å². The minimum absolute atomic E-state index is 0.128. The van der Waals surface area contributed by atoms with Crippen molar-refractivity contribution in [1.82, 2.24) is 25.1 Å². The van der Waals surface area contributed by atoms with Crippen LogP contribution >= 0.6 is 11.8 Å². The molecule has 0 fully saturated rings. The van der Waals surface area contributed by atoms with Gasteiger partial charge in [0.25, 0.3) is 11.8 Å². The van der Waals surface area contributed by atoms with Crippen molar-refractivity contribution in [3.8, 4) is 11.4 Å². The Kier molecular flexibility index (Phi) is 4.13. The molecule has 1 aliphatic heterocycles. The predicted molar refractivity (Wildman–Crippen MR) is 93.4 cm³/mol. The zero-order chi connectivity index (χ0) is 18.1. The summed E-state index contributed by atoms with van der Waals surface area (Å²) in [5.74, 6) is 0.244. The molecule has 2 heterocycles. The summed E-state index contributed by atoms with van der Waals surface area (Å²) < 4.78 is 6.68. The van der Waals surface area contributed by atoms with Gasteiger partial charge in [-0.25, -0.2) is 0 Å². The van der Waals surface area contributed by atoms with Crippen LogP contribution in [-0.2, 0) is 0 Å². The first kappa shape index (κ1) is 16.3. The van der Waals surface area contributed by atoms with Crippen LogP contribution in [0.5, 0.6) is 5.75 Å². The standard InChI is InChI=1S/C17H13N5O3S/c1-25-12-8-6-11(7-9-12)22-17(18-19-20-22)26-10-21-15(23)13-4-2-3-5-14(13)16(21)24/h2-9H,10H2,1H3. The van der Waals surface area contributed by atoms with Crippen LogP contribution in [0, 0.1) is 0 Å². The average molecular weight is 367 g/mol. The number of amides is 2. The largest absolute Gasteiger partial charge is 0.497 e. The smallest absolute Gasteiger partial charge is 0.262 e. The first-order valence-electron chi connectivity index (χ1n) is 7.70. The number of fused-ring (bicyclic) bond motifs is 1. The SMILES string of the molecule is COc1ccc(-n2nnnc2SCN2C(=O)c3ccccc3C2=O)cc1. The van der Waals surface area contributed by atoms with Crippen LogP contribution in [0.15, 0.2) is 53.7 Å². The molecule has 4 rings (SSSR count). The first-order chi connectivity index (χ1) is 12.7. The average Bonchev–Trinajstić information content (AvgIpc) is 3.24. The highest BCUT2D eigenvalue weighted by atomic mass is 32.2. The third-order valence-corrected chi connectivity index (χ3v) is 4.86. The van der Waals surface area contributed by atoms with Crippen molar-refractivity contribution < 1.29 is 14.3 Å². The molecule has 0 atom stereocenters. The molecular weight excluding hydrogens is 354 g/mol. The van der Waals surface area contributed by atoms with Crippen molar-refractivity contribution in [3.05, 3.63) is 59.7 Å². The Morgan fingerprint density at radius 1 is 1.00 bits per heavy atom. The predicted octanol–water partition coefficient (Wildman–Crippen LogP) is 2.02. The minimum Gasteiger partial charge on any atom is -0.497 e. The minimum atomic E-state index is -0.304. The number of nitrogens with zero attached hydrogens (tertiary/aromatic N) is 5. The van der Waals surface area contributed by atoms with Crippen molar-refractivity contribution in [2.75, 3.05) is 13.0 Å². The van der Waals surface area contributed by atoms with Crippen molar-refractivity contribution in [2.24, 2.45) is 0 Å². The summed E-state index contributed by atoms with van der Waals surface area (Å²) in [6.45, 7) is 0. The van der Waals surface area contributed by atoms with Gasteiger partial charge in [0.15, 0.2) is 0 Å². The lowest BCUT2D eigenvalue weighted by Gasteiger charge is -2.12. The number of rotatable bonds is 5. The fraction of sp³-hybridized carbons (Fsp3) is 0.118. The number of hydrogen-bond donors (Lipinski definition) is 0. The van der Waals surface area contributed by atoms with Crippen molar-refractivity contribution in [3.63, 3.8) is 0 Å². The molecule has 9 heteroatoms. The van der Waals surface area contributed by atoms with Gasteiger partial charge in [-0.3, -0.25) is 14.5 Å². The van der Waals surface area contributed by atoms with Crippen LogP contribution in [0.2, 0.25) is 0 Å². The summed E-state index contributed by atoms with van der Waals surface area (Å²) in [4.78, 5) is 26.0. The fourth-order valence-corrected chi connectivity index (χ4v) is 3.47. The number of imide groups is 1. The van der Waals surface area contributed by atoms with E-state index in [2.05, 4.69) is 15.5 Å². The van der Waals surface area contributed by atoms with Gasteiger partial charge in [-0.15, -0.1) is 5.10 Å². The summed E-state index contributed by atoms with van der Waals surface area (Å²) in [5, 5.41) is 12.1. The number of ether oxygens (including phenoxy) is 1. The van der Waals surface area contributed by atoms with E-state index in [9.17, 15) is 9.59 Å². The molecule has 0 bridgehead atoms. The van der Waals surface area contributed by atoms with E-state index in [0.29, 0.717) is 16.3 Å². The third-order valence-electron chi connectivity index (χ3n) is 3.96. The number of aromatic nitrogens is 4. The molecule has 0 spiro atoms. The van der Waals surface area contributed by atoms with Crippen LogP contribution in [0.1, 0.15) is 20.7 Å². The Morgan fingerprint density at radius 3 is 2.27 bits per heavy atom. The molecule has 0 saturated carbocycles. The summed E-state index contributed by atoms with van der Waals surface area (Å²) in [7, 11) is 1.59. The molecule has 130 valence electrons. The van der Waals surface area contributed by atoms with Crippen molar-refractivity contribution >= 4 is 23.6 Å². The highest BCUT2D eigenvalue weighted by molar-refractivity contribution is 7.99. The number of tetrazole rings is 1. The van der Waals surface area contributed by atoms with E-state index >= 15 is 0 Å². The van der Waals surface area contributed by atoms with Crippen LogP contribution in [0.3, 0.4) is 0 Å². The van der Waals surface area contributed by atoms with E-state index in [1.54, 1.807) is 48.2 Å². The molecule has 0 aliphatic carbocycles. The van der Waals surface area contributed by atoms with Crippen LogP contribution in [-0.4, -0.2) is 49.9 Å². The number of carbonyl (C=O) groups is 2. The molecule has 2 aromatic carbocycles. The second kappa shape index (κ2) is 6.60. The third kappa shape index (κ3) is 2.72. The van der Waals surface area contributed by atoms with Gasteiger partial charge < -0.3 is 4.74 Å². The summed E-state index contributed by atoms with van der Waals surface area (Å²) in [6, 6.07) is 14.0. The summed E-state index contributed by atoms with van der Waals surface area (Å²) in [5.41, 5.74) is 1.60. The lowest BCUT2D eigenvalue weighted by molar-refractivity contribution is 0.0684. The number of methoxy groups -OCH3 is 1. The van der Waals surface area contributed by atoms with Gasteiger partial charge >= 0.3 is 0 Å². The van der Waals surface area contributed by atoms with Crippen LogP contribution in [0.25, 0.3) is 5.69 Å². The molecule has 1 aromatic heterocycles. The Hall–Kier alpha value is -3.20. The molecule has 0 saturated heterocycles. The number of carbonyl (C=O) groups excluding carboxylic acids is 2. The van der Waals surface area contributed by atoms with Gasteiger partial charge in [-0.05, 0) is 46.8 Å². The monoisotopic (exact) mass is 367 g/mol. The second-order valence-electron chi connectivity index (χ2n) is 5.43. The van der Waals surface area contributed by atoms with E-state index in [1.165, 1.54) is 16.7 Å². The van der Waals surface area contributed by atoms with E-state index in [0.717, 1.165) is 11.4 Å². The lowest BCUT2D eigenvalue weighted by Crippen LogP contribution is -2.29. The highest BCUT2D eigenvalue weighted by Crippen LogP contribution is 2.27. The number of benzene rings is 2. The Balaban J connectivity index is 1.52. The fourth-order valence-electron chi connectivity index (χ4n) is 2.63. The Morgan fingerprint density at radius 2 is 1.65 bits per heavy atom. The van der Waals surface area contributed by atoms with E-state index in [4.69, 9.17) is 4.74 Å². The quantitative estimate of drug-likeness (QED) is 0.503. The zero-order valence-corrected chi connectivity index (χ0v) is 14.5. The van der Waals surface area contributed by atoms with E-state index < -0.39 is 0 Å². The lowest BCUT2D eigenvalue weighted by atomic mass is 10.1. The Labute approximate surface area is 152 Å². The topological polar surface area (TPSA) is 90.2 Å². The molecule has 1 aliphatic rings. The second-order valence-corrected chi connectivity index (χ2v) is 6.34. The van der Waals surface area contributed by atoms with Crippen molar-refractivity contribution in [1.29, 1.82) is 0 Å². The first-order valence-corrected chi connectivity index (χ1v) is 8.68. The van der Waals surface area contributed by atoms with Crippen LogP contribution in [0.4, 0.5) is 0 Å². The maximum atomic E-state index is 12.4. The number of hydrogen-bond acceptors (Lipinski definition) is 7. The molecule has 3 aromatic rings. The molecule has 0 unspecified atom stereocenters. The summed E-state index contributed by atoms with van der Waals surface area (Å²) in [6.07, 6.45) is 0. The maximum Gasteiger partial charge on any atom is 0.262 e. The van der Waals surface area contributed by atoms with Crippen molar-refractivity contribution in [2.45, 2.75) is 5.16 Å². The van der Waals surface area contributed by atoms with E-state index in [-0.39, 0.29) is 17.7 Å². The van der Waals surface area contributed by atoms with E-state index in [1.807, 2.05) is 12.1 Å². The maximum absolute atomic E-state index is 12.4. The zero-order valence-electron chi connectivity index (χ0n) is 13.7. The molecule has 2 amide bonds. The van der Waals surface area contributed by atoms with Gasteiger partial charge in [0.1, 0.15) is 5.75 Å². The normalized spacial score (nSPS) is 13.2. The van der Waals surface area contributed by atoms with Gasteiger partial charge in [-0.2, -0.15) is 4.68 Å².